The molecule has 5 heteroatoms. The lowest BCUT2D eigenvalue weighted by Crippen LogP contribution is -2.19. The summed E-state index contributed by atoms with van der Waals surface area (Å²) in [5.41, 5.74) is 2.30. The minimum absolute atomic E-state index is 0.289. The van der Waals surface area contributed by atoms with E-state index in [1.165, 1.54) is 19.3 Å². The Kier molecular flexibility index (Phi) is 3.42. The topological polar surface area (TPSA) is 61.3 Å². The first-order valence-corrected chi connectivity index (χ1v) is 7.03. The molecule has 0 spiro atoms. The molecular formula is C14H16ClN3O. The molecule has 0 aliphatic heterocycles. The number of nitrogens with zero attached hydrogens (tertiary/aromatic N) is 2. The zero-order chi connectivity index (χ0) is 13.2. The monoisotopic (exact) mass is 277 g/mol. The van der Waals surface area contributed by atoms with E-state index < -0.39 is 0 Å². The maximum atomic E-state index is 9.45. The third kappa shape index (κ3) is 2.21. The molecule has 2 heterocycles. The van der Waals surface area contributed by atoms with E-state index in [1.807, 2.05) is 12.3 Å². The Hall–Kier alpha value is -1.55. The average Bonchev–Trinajstić information content (AvgIpc) is 2.91. The van der Waals surface area contributed by atoms with E-state index in [0.717, 1.165) is 29.4 Å². The van der Waals surface area contributed by atoms with E-state index in [9.17, 15) is 5.21 Å². The molecule has 100 valence electrons. The minimum Gasteiger partial charge on any atom is -0.411 e. The molecule has 0 bridgehead atoms. The van der Waals surface area contributed by atoms with Crippen LogP contribution in [0.3, 0.4) is 0 Å². The van der Waals surface area contributed by atoms with Crippen molar-refractivity contribution in [2.75, 3.05) is 0 Å². The van der Waals surface area contributed by atoms with E-state index in [-0.39, 0.29) is 5.92 Å². The molecular weight excluding hydrogens is 262 g/mol. The smallest absolute Gasteiger partial charge is 0.137 e. The van der Waals surface area contributed by atoms with Crippen LogP contribution in [0.1, 0.15) is 37.7 Å². The molecule has 3 rings (SSSR count). The van der Waals surface area contributed by atoms with Gasteiger partial charge in [-0.25, -0.2) is 4.98 Å². The number of rotatable bonds is 2. The molecule has 0 radical (unpaired) electrons. The SMILES string of the molecule is O/N=C(\c1c(Cl)cnc2[nH]ccc12)C1CCCCC1. The van der Waals surface area contributed by atoms with Crippen molar-refractivity contribution >= 4 is 28.3 Å². The predicted octanol–water partition coefficient (Wildman–Crippen LogP) is 3.97. The number of oxime groups is 1. The number of hydrogen-bond acceptors (Lipinski definition) is 3. The van der Waals surface area contributed by atoms with Gasteiger partial charge in [0.05, 0.1) is 10.7 Å². The Balaban J connectivity index is 2.10. The molecule has 0 saturated heterocycles. The van der Waals surface area contributed by atoms with Gasteiger partial charge in [-0.2, -0.15) is 0 Å². The van der Waals surface area contributed by atoms with Gasteiger partial charge in [0.1, 0.15) is 5.65 Å². The summed E-state index contributed by atoms with van der Waals surface area (Å²) < 4.78 is 0. The number of aromatic amines is 1. The fraction of sp³-hybridized carbons (Fsp3) is 0.429. The average molecular weight is 278 g/mol. The molecule has 0 aromatic carbocycles. The fourth-order valence-corrected chi connectivity index (χ4v) is 3.20. The number of nitrogens with one attached hydrogen (secondary N) is 1. The van der Waals surface area contributed by atoms with Crippen molar-refractivity contribution in [2.45, 2.75) is 32.1 Å². The Morgan fingerprint density at radius 3 is 2.89 bits per heavy atom. The summed E-state index contributed by atoms with van der Waals surface area (Å²) in [6.07, 6.45) is 9.19. The van der Waals surface area contributed by atoms with Gasteiger partial charge in [-0.05, 0) is 18.9 Å². The van der Waals surface area contributed by atoms with Gasteiger partial charge in [-0.15, -0.1) is 0 Å². The second-order valence-electron chi connectivity index (χ2n) is 5.04. The largest absolute Gasteiger partial charge is 0.411 e. The van der Waals surface area contributed by atoms with E-state index in [4.69, 9.17) is 11.6 Å². The van der Waals surface area contributed by atoms with E-state index >= 15 is 0 Å². The normalized spacial score (nSPS) is 18.1. The minimum atomic E-state index is 0.289. The maximum Gasteiger partial charge on any atom is 0.137 e. The Morgan fingerprint density at radius 2 is 2.16 bits per heavy atom. The third-order valence-electron chi connectivity index (χ3n) is 3.90. The quantitative estimate of drug-likeness (QED) is 0.495. The van der Waals surface area contributed by atoms with Crippen LogP contribution in [0.15, 0.2) is 23.6 Å². The Bertz CT molecular complexity index is 614. The van der Waals surface area contributed by atoms with Crippen LogP contribution in [-0.2, 0) is 0 Å². The second-order valence-corrected chi connectivity index (χ2v) is 5.45. The lowest BCUT2D eigenvalue weighted by Gasteiger charge is -2.23. The molecule has 2 aromatic rings. The molecule has 2 aromatic heterocycles. The van der Waals surface area contributed by atoms with E-state index in [1.54, 1.807) is 6.20 Å². The van der Waals surface area contributed by atoms with Crippen molar-refractivity contribution in [2.24, 2.45) is 11.1 Å². The first-order chi connectivity index (χ1) is 9.31. The van der Waals surface area contributed by atoms with Crippen LogP contribution in [0.25, 0.3) is 11.0 Å². The van der Waals surface area contributed by atoms with Crippen LogP contribution < -0.4 is 0 Å². The van der Waals surface area contributed by atoms with Crippen molar-refractivity contribution in [3.63, 3.8) is 0 Å². The van der Waals surface area contributed by atoms with Crippen molar-refractivity contribution in [3.8, 4) is 0 Å². The molecule has 2 N–H and O–H groups in total. The highest BCUT2D eigenvalue weighted by molar-refractivity contribution is 6.36. The highest BCUT2D eigenvalue weighted by atomic mass is 35.5. The summed E-state index contributed by atoms with van der Waals surface area (Å²) >= 11 is 6.28. The molecule has 0 atom stereocenters. The molecule has 0 amide bonds. The van der Waals surface area contributed by atoms with Crippen molar-refractivity contribution in [1.82, 2.24) is 9.97 Å². The lowest BCUT2D eigenvalue weighted by molar-refractivity contribution is 0.310. The summed E-state index contributed by atoms with van der Waals surface area (Å²) in [5.74, 6) is 0.289. The standard InChI is InChI=1S/C14H16ClN3O/c15-11-8-17-14-10(6-7-16-14)12(11)13(18-19)9-4-2-1-3-5-9/h6-9,19H,1-5H2,(H,16,17)/b18-13-. The second kappa shape index (κ2) is 5.21. The molecule has 1 aliphatic rings. The summed E-state index contributed by atoms with van der Waals surface area (Å²) in [6, 6.07) is 1.93. The first kappa shape index (κ1) is 12.5. The summed E-state index contributed by atoms with van der Waals surface area (Å²) in [4.78, 5) is 7.30. The van der Waals surface area contributed by atoms with E-state index in [0.29, 0.717) is 10.7 Å². The van der Waals surface area contributed by atoms with Crippen LogP contribution in [0.4, 0.5) is 0 Å². The molecule has 1 fully saturated rings. The molecule has 1 aliphatic carbocycles. The van der Waals surface area contributed by atoms with Gasteiger partial charge < -0.3 is 10.2 Å². The summed E-state index contributed by atoms with van der Waals surface area (Å²) in [7, 11) is 0. The molecule has 4 nitrogen and oxygen atoms in total. The number of hydrogen-bond donors (Lipinski definition) is 2. The van der Waals surface area contributed by atoms with E-state index in [2.05, 4.69) is 15.1 Å². The van der Waals surface area contributed by atoms with Crippen LogP contribution in [0, 0.1) is 5.92 Å². The molecule has 19 heavy (non-hydrogen) atoms. The van der Waals surface area contributed by atoms with Crippen molar-refractivity contribution < 1.29 is 5.21 Å². The van der Waals surface area contributed by atoms with Crippen LogP contribution >= 0.6 is 11.6 Å². The van der Waals surface area contributed by atoms with Crippen LogP contribution in [0.2, 0.25) is 5.02 Å². The Morgan fingerprint density at radius 1 is 1.37 bits per heavy atom. The Labute approximate surface area is 116 Å². The van der Waals surface area contributed by atoms with Gasteiger partial charge in [0.15, 0.2) is 0 Å². The molecule has 0 unspecified atom stereocenters. The van der Waals surface area contributed by atoms with Gasteiger partial charge in [-0.1, -0.05) is 36.0 Å². The van der Waals surface area contributed by atoms with Gasteiger partial charge in [0, 0.05) is 29.3 Å². The van der Waals surface area contributed by atoms with Gasteiger partial charge >= 0.3 is 0 Å². The number of pyridine rings is 1. The van der Waals surface area contributed by atoms with Gasteiger partial charge in [0.25, 0.3) is 0 Å². The number of halogens is 1. The van der Waals surface area contributed by atoms with Crippen molar-refractivity contribution in [3.05, 3.63) is 29.0 Å². The predicted molar refractivity (Wildman–Crippen MR) is 76.0 cm³/mol. The zero-order valence-electron chi connectivity index (χ0n) is 10.6. The fourth-order valence-electron chi connectivity index (χ4n) is 2.96. The number of H-pyrrole nitrogens is 1. The lowest BCUT2D eigenvalue weighted by atomic mass is 9.83. The summed E-state index contributed by atoms with van der Waals surface area (Å²) in [6.45, 7) is 0. The third-order valence-corrected chi connectivity index (χ3v) is 4.18. The van der Waals surface area contributed by atoms with Crippen LogP contribution in [-0.4, -0.2) is 20.9 Å². The first-order valence-electron chi connectivity index (χ1n) is 6.65. The number of fused-ring (bicyclic) bond motifs is 1. The highest BCUT2D eigenvalue weighted by Crippen LogP contribution is 2.32. The highest BCUT2D eigenvalue weighted by Gasteiger charge is 2.25. The zero-order valence-corrected chi connectivity index (χ0v) is 11.3. The number of aromatic nitrogens is 2. The van der Waals surface area contributed by atoms with Crippen molar-refractivity contribution in [1.29, 1.82) is 0 Å². The summed E-state index contributed by atoms with van der Waals surface area (Å²) in [5, 5.41) is 14.5. The maximum absolute atomic E-state index is 9.45. The molecule has 1 saturated carbocycles. The van der Waals surface area contributed by atoms with Crippen LogP contribution in [0.5, 0.6) is 0 Å². The van der Waals surface area contributed by atoms with Gasteiger partial charge in [-0.3, -0.25) is 0 Å². The van der Waals surface area contributed by atoms with Gasteiger partial charge in [0.2, 0.25) is 0 Å².